The molecule has 2 atom stereocenters. The lowest BCUT2D eigenvalue weighted by Crippen LogP contribution is -2.10. The van der Waals surface area contributed by atoms with Crippen molar-refractivity contribution in [1.82, 2.24) is 0 Å². The van der Waals surface area contributed by atoms with Crippen molar-refractivity contribution in [3.63, 3.8) is 0 Å². The van der Waals surface area contributed by atoms with Crippen molar-refractivity contribution in [2.75, 3.05) is 13.2 Å². The van der Waals surface area contributed by atoms with E-state index in [0.29, 0.717) is 12.5 Å². The largest absolute Gasteiger partial charge is 0.459 e. The fourth-order valence-corrected chi connectivity index (χ4v) is 1.49. The smallest absolute Gasteiger partial charge is 0.333 e. The Hall–Kier alpha value is -0.830. The molecule has 1 aliphatic carbocycles. The van der Waals surface area contributed by atoms with E-state index >= 15 is 0 Å². The third-order valence-corrected chi connectivity index (χ3v) is 2.42. The first-order valence-electron chi connectivity index (χ1n) is 4.75. The molecule has 2 rings (SSSR count). The Bertz CT molecular complexity index is 241. The molecule has 0 saturated carbocycles. The molecule has 1 heterocycles. The van der Waals surface area contributed by atoms with E-state index in [4.69, 9.17) is 9.47 Å². The second kappa shape index (κ2) is 3.50. The Kier molecular flexibility index (Phi) is 2.36. The fourth-order valence-electron chi connectivity index (χ4n) is 1.49. The predicted octanol–water partition coefficient (Wildman–Crippen LogP) is 1.28. The second-order valence-corrected chi connectivity index (χ2v) is 3.76. The molecule has 2 aliphatic rings. The maximum Gasteiger partial charge on any atom is 0.333 e. The van der Waals surface area contributed by atoms with E-state index in [2.05, 4.69) is 6.92 Å². The molecule has 0 aromatic heterocycles. The number of carbonyl (C=O) groups is 1. The molecule has 1 fully saturated rings. The van der Waals surface area contributed by atoms with Gasteiger partial charge in [-0.2, -0.15) is 0 Å². The van der Waals surface area contributed by atoms with Gasteiger partial charge in [-0.25, -0.2) is 4.79 Å². The quantitative estimate of drug-likeness (QED) is 0.487. The minimum absolute atomic E-state index is 0.153. The fraction of sp³-hybridized carbons (Fsp3) is 0.700. The van der Waals surface area contributed by atoms with Crippen LogP contribution >= 0.6 is 0 Å². The number of rotatable bonds is 3. The van der Waals surface area contributed by atoms with Crippen LogP contribution in [0.25, 0.3) is 0 Å². The summed E-state index contributed by atoms with van der Waals surface area (Å²) in [6, 6.07) is 0. The van der Waals surface area contributed by atoms with E-state index in [0.717, 1.165) is 25.0 Å². The minimum atomic E-state index is -0.153. The van der Waals surface area contributed by atoms with Crippen molar-refractivity contribution in [3.8, 4) is 0 Å². The number of carbonyl (C=O) groups excluding carboxylic acids is 1. The molecule has 2 unspecified atom stereocenters. The summed E-state index contributed by atoms with van der Waals surface area (Å²) in [7, 11) is 0. The first-order chi connectivity index (χ1) is 6.25. The lowest BCUT2D eigenvalue weighted by atomic mass is 10.2. The highest BCUT2D eigenvalue weighted by Gasteiger charge is 2.26. The average Bonchev–Trinajstić information content (AvgIpc) is 2.84. The van der Waals surface area contributed by atoms with Gasteiger partial charge in [0.2, 0.25) is 0 Å². The van der Waals surface area contributed by atoms with Crippen molar-refractivity contribution in [2.24, 2.45) is 5.92 Å². The molecular weight excluding hydrogens is 168 g/mol. The highest BCUT2D eigenvalue weighted by atomic mass is 16.6. The van der Waals surface area contributed by atoms with Crippen LogP contribution < -0.4 is 0 Å². The zero-order valence-electron chi connectivity index (χ0n) is 7.79. The van der Waals surface area contributed by atoms with Gasteiger partial charge in [0.15, 0.2) is 0 Å². The van der Waals surface area contributed by atoms with E-state index in [-0.39, 0.29) is 12.1 Å². The van der Waals surface area contributed by atoms with Gasteiger partial charge >= 0.3 is 5.97 Å². The summed E-state index contributed by atoms with van der Waals surface area (Å²) >= 11 is 0. The molecule has 0 spiro atoms. The number of hydrogen-bond donors (Lipinski definition) is 0. The topological polar surface area (TPSA) is 38.8 Å². The van der Waals surface area contributed by atoms with Crippen LogP contribution in [0.1, 0.15) is 19.8 Å². The average molecular weight is 182 g/mol. The molecule has 0 N–H and O–H groups in total. The molecular formula is C10H14O3. The summed E-state index contributed by atoms with van der Waals surface area (Å²) in [6.07, 6.45) is 4.12. The standard InChI is InChI=1S/C10H14O3/c1-7-2-3-8(4-7)10(11)13-6-9-5-12-9/h4,7,9H,2-3,5-6H2,1H3. The van der Waals surface area contributed by atoms with E-state index in [9.17, 15) is 4.79 Å². The lowest BCUT2D eigenvalue weighted by molar-refractivity contribution is -0.139. The van der Waals surface area contributed by atoms with Gasteiger partial charge in [-0.05, 0) is 18.8 Å². The van der Waals surface area contributed by atoms with Crippen molar-refractivity contribution in [1.29, 1.82) is 0 Å². The first-order valence-corrected chi connectivity index (χ1v) is 4.75. The SMILES string of the molecule is CC1C=C(C(=O)OCC2CO2)CC1. The molecule has 0 amide bonds. The number of ether oxygens (including phenoxy) is 2. The van der Waals surface area contributed by atoms with Crippen LogP contribution in [0.5, 0.6) is 0 Å². The highest BCUT2D eigenvalue weighted by Crippen LogP contribution is 2.24. The van der Waals surface area contributed by atoms with Gasteiger partial charge in [-0.1, -0.05) is 13.0 Å². The Morgan fingerprint density at radius 2 is 2.54 bits per heavy atom. The van der Waals surface area contributed by atoms with E-state index in [1.54, 1.807) is 0 Å². The monoisotopic (exact) mass is 182 g/mol. The van der Waals surface area contributed by atoms with Gasteiger partial charge < -0.3 is 9.47 Å². The predicted molar refractivity (Wildman–Crippen MR) is 47.2 cm³/mol. The zero-order valence-corrected chi connectivity index (χ0v) is 7.79. The molecule has 0 bridgehead atoms. The number of esters is 1. The number of epoxide rings is 1. The van der Waals surface area contributed by atoms with Crippen LogP contribution in [0.3, 0.4) is 0 Å². The number of allylic oxidation sites excluding steroid dienone is 1. The maximum atomic E-state index is 11.4. The summed E-state index contributed by atoms with van der Waals surface area (Å²) in [4.78, 5) is 11.4. The molecule has 0 aromatic rings. The Morgan fingerprint density at radius 1 is 1.77 bits per heavy atom. The van der Waals surface area contributed by atoms with E-state index in [1.807, 2.05) is 6.08 Å². The maximum absolute atomic E-state index is 11.4. The minimum Gasteiger partial charge on any atom is -0.459 e. The van der Waals surface area contributed by atoms with Crippen LogP contribution in [0, 0.1) is 5.92 Å². The summed E-state index contributed by atoms with van der Waals surface area (Å²) in [5.74, 6) is 0.375. The Labute approximate surface area is 77.7 Å². The summed E-state index contributed by atoms with van der Waals surface area (Å²) < 4.78 is 10.0. The molecule has 0 radical (unpaired) electrons. The molecule has 13 heavy (non-hydrogen) atoms. The van der Waals surface area contributed by atoms with Gasteiger partial charge in [-0.3, -0.25) is 0 Å². The first kappa shape index (κ1) is 8.75. The van der Waals surface area contributed by atoms with Crippen LogP contribution in [0.4, 0.5) is 0 Å². The van der Waals surface area contributed by atoms with Crippen molar-refractivity contribution < 1.29 is 14.3 Å². The van der Waals surface area contributed by atoms with E-state index < -0.39 is 0 Å². The molecule has 1 aliphatic heterocycles. The van der Waals surface area contributed by atoms with Crippen molar-refractivity contribution in [2.45, 2.75) is 25.9 Å². The summed E-state index contributed by atoms with van der Waals surface area (Å²) in [6.45, 7) is 3.28. The summed E-state index contributed by atoms with van der Waals surface area (Å²) in [5.41, 5.74) is 0.841. The molecule has 3 heteroatoms. The Balaban J connectivity index is 1.78. The van der Waals surface area contributed by atoms with E-state index in [1.165, 1.54) is 0 Å². The van der Waals surface area contributed by atoms with Crippen molar-refractivity contribution in [3.05, 3.63) is 11.6 Å². The summed E-state index contributed by atoms with van der Waals surface area (Å²) in [5, 5.41) is 0. The highest BCUT2D eigenvalue weighted by molar-refractivity contribution is 5.88. The van der Waals surface area contributed by atoms with Crippen molar-refractivity contribution >= 4 is 5.97 Å². The van der Waals surface area contributed by atoms with Crippen LogP contribution in [0.15, 0.2) is 11.6 Å². The van der Waals surface area contributed by atoms with Gasteiger partial charge in [0.05, 0.1) is 6.61 Å². The Morgan fingerprint density at radius 3 is 3.08 bits per heavy atom. The normalized spacial score (nSPS) is 31.3. The second-order valence-electron chi connectivity index (χ2n) is 3.76. The molecule has 72 valence electrons. The third-order valence-electron chi connectivity index (χ3n) is 2.42. The van der Waals surface area contributed by atoms with Crippen LogP contribution in [-0.2, 0) is 14.3 Å². The van der Waals surface area contributed by atoms with Gasteiger partial charge in [-0.15, -0.1) is 0 Å². The van der Waals surface area contributed by atoms with Gasteiger partial charge in [0.1, 0.15) is 12.7 Å². The number of hydrogen-bond acceptors (Lipinski definition) is 3. The molecule has 1 saturated heterocycles. The zero-order chi connectivity index (χ0) is 9.26. The van der Waals surface area contributed by atoms with Crippen LogP contribution in [-0.4, -0.2) is 25.3 Å². The van der Waals surface area contributed by atoms with Gasteiger partial charge in [0.25, 0.3) is 0 Å². The van der Waals surface area contributed by atoms with Crippen LogP contribution in [0.2, 0.25) is 0 Å². The van der Waals surface area contributed by atoms with Gasteiger partial charge in [0, 0.05) is 5.57 Å². The molecule has 0 aromatic carbocycles. The third kappa shape index (κ3) is 2.31. The molecule has 3 nitrogen and oxygen atoms in total. The lowest BCUT2D eigenvalue weighted by Gasteiger charge is -2.01.